The molecule has 0 bridgehead atoms. The maximum atomic E-state index is 5.09. The first kappa shape index (κ1) is 12.5. The quantitative estimate of drug-likeness (QED) is 0.816. The van der Waals surface area contributed by atoms with Crippen LogP contribution in [0.3, 0.4) is 0 Å². The third kappa shape index (κ3) is 3.26. The summed E-state index contributed by atoms with van der Waals surface area (Å²) in [5.74, 6) is 1.01. The molecule has 1 aromatic rings. The van der Waals surface area contributed by atoms with Crippen molar-refractivity contribution in [3.05, 3.63) is 12.2 Å². The summed E-state index contributed by atoms with van der Waals surface area (Å²) in [6.07, 6.45) is 7.05. The van der Waals surface area contributed by atoms with Gasteiger partial charge in [-0.25, -0.2) is 0 Å². The summed E-state index contributed by atoms with van der Waals surface area (Å²) in [5, 5.41) is 11.8. The fourth-order valence-corrected chi connectivity index (χ4v) is 2.48. The molecule has 1 aliphatic rings. The van der Waals surface area contributed by atoms with Crippen LogP contribution in [-0.4, -0.2) is 34.5 Å². The van der Waals surface area contributed by atoms with Crippen LogP contribution < -0.4 is 5.32 Å². The van der Waals surface area contributed by atoms with E-state index in [0.29, 0.717) is 12.6 Å². The molecule has 1 fully saturated rings. The van der Waals surface area contributed by atoms with Gasteiger partial charge in [-0.15, -0.1) is 10.2 Å². The molecular weight excluding hydrogens is 216 g/mol. The zero-order valence-electron chi connectivity index (χ0n) is 10.7. The van der Waals surface area contributed by atoms with E-state index in [2.05, 4.69) is 27.0 Å². The number of nitrogens with one attached hydrogen (secondary N) is 1. The number of ether oxygens (including phenoxy) is 1. The maximum Gasteiger partial charge on any atom is 0.149 e. The van der Waals surface area contributed by atoms with Crippen LogP contribution in [0.25, 0.3) is 0 Å². The van der Waals surface area contributed by atoms with E-state index in [9.17, 15) is 0 Å². The average molecular weight is 238 g/mol. The Bertz CT molecular complexity index is 333. The number of hydrogen-bond acceptors (Lipinski definition) is 4. The summed E-state index contributed by atoms with van der Waals surface area (Å²) in [6, 6.07) is 0.912. The highest BCUT2D eigenvalue weighted by Gasteiger charge is 2.20. The number of hydrogen-bond donors (Lipinski definition) is 1. The van der Waals surface area contributed by atoms with Crippen LogP contribution in [0.2, 0.25) is 0 Å². The molecule has 1 aromatic heterocycles. The van der Waals surface area contributed by atoms with E-state index >= 15 is 0 Å². The molecule has 0 saturated heterocycles. The SMILES string of the molecule is COCCn1cnnc1C(C)NC1CCCC1. The number of methoxy groups -OCH3 is 1. The highest BCUT2D eigenvalue weighted by molar-refractivity contribution is 4.95. The molecule has 17 heavy (non-hydrogen) atoms. The molecule has 1 atom stereocenters. The Labute approximate surface area is 103 Å². The van der Waals surface area contributed by atoms with E-state index < -0.39 is 0 Å². The van der Waals surface area contributed by atoms with Crippen molar-refractivity contribution in [2.75, 3.05) is 13.7 Å². The fraction of sp³-hybridized carbons (Fsp3) is 0.833. The lowest BCUT2D eigenvalue weighted by atomic mass is 10.2. The summed E-state index contributed by atoms with van der Waals surface area (Å²) >= 11 is 0. The molecule has 96 valence electrons. The van der Waals surface area contributed by atoms with Gasteiger partial charge in [0, 0.05) is 19.7 Å². The zero-order chi connectivity index (χ0) is 12.1. The molecule has 2 rings (SSSR count). The second-order valence-corrected chi connectivity index (χ2v) is 4.75. The fourth-order valence-electron chi connectivity index (χ4n) is 2.48. The van der Waals surface area contributed by atoms with Gasteiger partial charge in [-0.1, -0.05) is 12.8 Å². The predicted molar refractivity (Wildman–Crippen MR) is 65.7 cm³/mol. The van der Waals surface area contributed by atoms with Gasteiger partial charge in [-0.3, -0.25) is 0 Å². The Kier molecular flexibility index (Phi) is 4.50. The molecule has 1 unspecified atom stereocenters. The van der Waals surface area contributed by atoms with Crippen LogP contribution in [0.1, 0.15) is 44.5 Å². The Morgan fingerprint density at radius 3 is 3.00 bits per heavy atom. The van der Waals surface area contributed by atoms with Crippen molar-refractivity contribution in [1.82, 2.24) is 20.1 Å². The van der Waals surface area contributed by atoms with Gasteiger partial charge in [-0.05, 0) is 19.8 Å². The summed E-state index contributed by atoms with van der Waals surface area (Å²) in [7, 11) is 1.71. The highest BCUT2D eigenvalue weighted by atomic mass is 16.5. The number of nitrogens with zero attached hydrogens (tertiary/aromatic N) is 3. The van der Waals surface area contributed by atoms with E-state index in [-0.39, 0.29) is 6.04 Å². The molecule has 0 aliphatic heterocycles. The van der Waals surface area contributed by atoms with Crippen molar-refractivity contribution in [1.29, 1.82) is 0 Å². The van der Waals surface area contributed by atoms with Crippen LogP contribution in [0.15, 0.2) is 6.33 Å². The van der Waals surface area contributed by atoms with Gasteiger partial charge in [0.2, 0.25) is 0 Å². The van der Waals surface area contributed by atoms with Crippen molar-refractivity contribution in [2.24, 2.45) is 0 Å². The first-order valence-electron chi connectivity index (χ1n) is 6.44. The van der Waals surface area contributed by atoms with Gasteiger partial charge in [0.15, 0.2) is 0 Å². The third-order valence-electron chi connectivity index (χ3n) is 3.41. The van der Waals surface area contributed by atoms with Gasteiger partial charge in [0.1, 0.15) is 12.2 Å². The Hall–Kier alpha value is -0.940. The van der Waals surface area contributed by atoms with E-state index in [4.69, 9.17) is 4.74 Å². The van der Waals surface area contributed by atoms with E-state index in [1.165, 1.54) is 25.7 Å². The van der Waals surface area contributed by atoms with Crippen LogP contribution in [-0.2, 0) is 11.3 Å². The summed E-state index contributed by atoms with van der Waals surface area (Å²) in [6.45, 7) is 3.67. The third-order valence-corrected chi connectivity index (χ3v) is 3.41. The first-order valence-corrected chi connectivity index (χ1v) is 6.44. The molecule has 5 heteroatoms. The van der Waals surface area contributed by atoms with Crippen molar-refractivity contribution in [2.45, 2.75) is 51.2 Å². The molecule has 1 saturated carbocycles. The van der Waals surface area contributed by atoms with E-state index in [1.54, 1.807) is 13.4 Å². The zero-order valence-corrected chi connectivity index (χ0v) is 10.7. The topological polar surface area (TPSA) is 52.0 Å². The normalized spacial score (nSPS) is 18.7. The van der Waals surface area contributed by atoms with Gasteiger partial charge >= 0.3 is 0 Å². The van der Waals surface area contributed by atoms with Gasteiger partial charge in [0.05, 0.1) is 12.6 Å². The molecule has 0 radical (unpaired) electrons. The highest BCUT2D eigenvalue weighted by Crippen LogP contribution is 2.21. The first-order chi connectivity index (χ1) is 8.31. The molecule has 1 aliphatic carbocycles. The van der Waals surface area contributed by atoms with Crippen LogP contribution in [0, 0.1) is 0 Å². The van der Waals surface area contributed by atoms with E-state index in [1.807, 2.05) is 0 Å². The molecule has 0 amide bonds. The minimum absolute atomic E-state index is 0.262. The minimum Gasteiger partial charge on any atom is -0.383 e. The molecular formula is C12H22N4O. The summed E-state index contributed by atoms with van der Waals surface area (Å²) in [4.78, 5) is 0. The largest absolute Gasteiger partial charge is 0.383 e. The number of rotatable bonds is 6. The summed E-state index contributed by atoms with van der Waals surface area (Å²) in [5.41, 5.74) is 0. The predicted octanol–water partition coefficient (Wildman–Crippen LogP) is 1.52. The molecule has 5 nitrogen and oxygen atoms in total. The standard InChI is InChI=1S/C12H22N4O/c1-10(14-11-5-3-4-6-11)12-15-13-9-16(12)7-8-17-2/h9-11,14H,3-8H2,1-2H3. The second kappa shape index (κ2) is 6.12. The van der Waals surface area contributed by atoms with Crippen LogP contribution in [0.4, 0.5) is 0 Å². The van der Waals surface area contributed by atoms with Gasteiger partial charge in [-0.2, -0.15) is 0 Å². The Morgan fingerprint density at radius 1 is 1.53 bits per heavy atom. The maximum absolute atomic E-state index is 5.09. The van der Waals surface area contributed by atoms with Crippen molar-refractivity contribution >= 4 is 0 Å². The second-order valence-electron chi connectivity index (χ2n) is 4.75. The van der Waals surface area contributed by atoms with Crippen molar-refractivity contribution < 1.29 is 4.74 Å². The van der Waals surface area contributed by atoms with Gasteiger partial charge in [0.25, 0.3) is 0 Å². The smallest absolute Gasteiger partial charge is 0.149 e. The van der Waals surface area contributed by atoms with E-state index in [0.717, 1.165) is 12.4 Å². The Morgan fingerprint density at radius 2 is 2.29 bits per heavy atom. The van der Waals surface area contributed by atoms with Crippen LogP contribution >= 0.6 is 0 Å². The summed E-state index contributed by atoms with van der Waals surface area (Å²) < 4.78 is 7.15. The van der Waals surface area contributed by atoms with Crippen molar-refractivity contribution in [3.8, 4) is 0 Å². The molecule has 0 aromatic carbocycles. The lowest BCUT2D eigenvalue weighted by Crippen LogP contribution is -2.30. The van der Waals surface area contributed by atoms with Crippen molar-refractivity contribution in [3.63, 3.8) is 0 Å². The monoisotopic (exact) mass is 238 g/mol. The molecule has 1 N–H and O–H groups in total. The lowest BCUT2D eigenvalue weighted by Gasteiger charge is -2.19. The lowest BCUT2D eigenvalue weighted by molar-refractivity contribution is 0.185. The number of aromatic nitrogens is 3. The molecule has 1 heterocycles. The average Bonchev–Trinajstić information content (AvgIpc) is 2.96. The van der Waals surface area contributed by atoms with Gasteiger partial charge < -0.3 is 14.6 Å². The molecule has 0 spiro atoms. The Balaban J connectivity index is 1.92. The van der Waals surface area contributed by atoms with Crippen LogP contribution in [0.5, 0.6) is 0 Å². The minimum atomic E-state index is 0.262.